The lowest BCUT2D eigenvalue weighted by Gasteiger charge is -2.11. The molecule has 1 aromatic heterocycles. The molecular weight excluding hydrogens is 353 g/mol. The Hall–Kier alpha value is -3.33. The van der Waals surface area contributed by atoms with E-state index < -0.39 is 0 Å². The summed E-state index contributed by atoms with van der Waals surface area (Å²) in [4.78, 5) is 7.79. The van der Waals surface area contributed by atoms with Gasteiger partial charge in [0.2, 0.25) is 0 Å². The second-order valence-corrected chi connectivity index (χ2v) is 6.60. The molecule has 3 aromatic rings. The van der Waals surface area contributed by atoms with Gasteiger partial charge in [-0.2, -0.15) is 5.26 Å². The van der Waals surface area contributed by atoms with Crippen molar-refractivity contribution in [3.63, 3.8) is 0 Å². The van der Waals surface area contributed by atoms with E-state index in [9.17, 15) is 4.39 Å². The van der Waals surface area contributed by atoms with Crippen LogP contribution in [0.3, 0.4) is 0 Å². The summed E-state index contributed by atoms with van der Waals surface area (Å²) in [6.07, 6.45) is 2.89. The third-order valence-electron chi connectivity index (χ3n) is 4.62. The van der Waals surface area contributed by atoms with E-state index in [1.165, 1.54) is 40.2 Å². The molecule has 0 saturated carbocycles. The van der Waals surface area contributed by atoms with E-state index in [0.717, 1.165) is 6.42 Å². The third kappa shape index (κ3) is 4.49. The Bertz CT molecular complexity index is 1030. The van der Waals surface area contributed by atoms with Crippen LogP contribution in [-0.4, -0.2) is 24.0 Å². The maximum absolute atomic E-state index is 13.9. The number of aromatic amines is 1. The molecule has 28 heavy (non-hydrogen) atoms. The largest absolute Gasteiger partial charge is 0.361 e. The molecule has 0 aliphatic heterocycles. The summed E-state index contributed by atoms with van der Waals surface area (Å²) in [5.74, 6) is 0.271. The molecule has 0 aliphatic rings. The molecule has 0 fully saturated rings. The van der Waals surface area contributed by atoms with Gasteiger partial charge in [0.15, 0.2) is 5.96 Å². The highest BCUT2D eigenvalue weighted by Gasteiger charge is 2.07. The van der Waals surface area contributed by atoms with Crippen LogP contribution >= 0.6 is 0 Å². The number of nitrogens with one attached hydrogen (secondary N) is 3. The summed E-state index contributed by atoms with van der Waals surface area (Å²) in [6.45, 7) is 5.66. The zero-order valence-electron chi connectivity index (χ0n) is 16.1. The second-order valence-electron chi connectivity index (χ2n) is 6.60. The quantitative estimate of drug-likeness (QED) is 0.452. The molecule has 0 amide bonds. The van der Waals surface area contributed by atoms with E-state index in [1.54, 1.807) is 0 Å². The molecule has 5 nitrogen and oxygen atoms in total. The van der Waals surface area contributed by atoms with E-state index in [0.29, 0.717) is 30.2 Å². The van der Waals surface area contributed by atoms with Gasteiger partial charge in [0, 0.05) is 35.8 Å². The number of benzene rings is 2. The average molecular weight is 377 g/mol. The SMILES string of the molecule is CCNC(=NCc1cc(C#N)ccc1F)NCCc1c[nH]c2c(C)cccc12. The predicted molar refractivity (Wildman–Crippen MR) is 111 cm³/mol. The Morgan fingerprint density at radius 2 is 2.07 bits per heavy atom. The second kappa shape index (κ2) is 9.05. The van der Waals surface area contributed by atoms with Gasteiger partial charge in [0.1, 0.15) is 5.82 Å². The van der Waals surface area contributed by atoms with Crippen LogP contribution in [0.2, 0.25) is 0 Å². The van der Waals surface area contributed by atoms with Crippen LogP contribution in [0.4, 0.5) is 4.39 Å². The van der Waals surface area contributed by atoms with Crippen LogP contribution in [0.5, 0.6) is 0 Å². The van der Waals surface area contributed by atoms with E-state index in [2.05, 4.69) is 45.7 Å². The molecule has 0 unspecified atom stereocenters. The molecule has 0 bridgehead atoms. The van der Waals surface area contributed by atoms with Crippen molar-refractivity contribution in [2.45, 2.75) is 26.8 Å². The fraction of sp³-hybridized carbons (Fsp3) is 0.273. The predicted octanol–water partition coefficient (Wildman–Crippen LogP) is 3.78. The molecule has 0 radical (unpaired) electrons. The van der Waals surface area contributed by atoms with E-state index in [4.69, 9.17) is 5.26 Å². The number of nitrogens with zero attached hydrogens (tertiary/aromatic N) is 2. The molecule has 1 heterocycles. The van der Waals surface area contributed by atoms with Crippen LogP contribution in [-0.2, 0) is 13.0 Å². The highest BCUT2D eigenvalue weighted by molar-refractivity contribution is 5.86. The molecule has 0 aliphatic carbocycles. The number of hydrogen-bond acceptors (Lipinski definition) is 2. The van der Waals surface area contributed by atoms with Crippen molar-refractivity contribution in [2.75, 3.05) is 13.1 Å². The first-order valence-corrected chi connectivity index (χ1v) is 9.38. The summed E-state index contributed by atoms with van der Waals surface area (Å²) in [5, 5.41) is 16.7. The molecule has 2 aromatic carbocycles. The normalized spacial score (nSPS) is 11.4. The molecule has 0 spiro atoms. The fourth-order valence-electron chi connectivity index (χ4n) is 3.16. The molecule has 144 valence electrons. The van der Waals surface area contributed by atoms with Crippen LogP contribution in [0.25, 0.3) is 10.9 Å². The van der Waals surface area contributed by atoms with Crippen LogP contribution in [0.1, 0.15) is 29.2 Å². The highest BCUT2D eigenvalue weighted by Crippen LogP contribution is 2.21. The average Bonchev–Trinajstić information content (AvgIpc) is 3.11. The van der Waals surface area contributed by atoms with Gasteiger partial charge in [0.05, 0.1) is 18.2 Å². The number of H-pyrrole nitrogens is 1. The number of fused-ring (bicyclic) bond motifs is 1. The number of guanidine groups is 1. The molecular formula is C22H24FN5. The monoisotopic (exact) mass is 377 g/mol. The summed E-state index contributed by atoms with van der Waals surface area (Å²) in [7, 11) is 0. The molecule has 3 N–H and O–H groups in total. The van der Waals surface area contributed by atoms with Crippen molar-refractivity contribution in [3.05, 3.63) is 70.7 Å². The number of halogens is 1. The standard InChI is InChI=1S/C22H24FN5/c1-3-25-22(28-14-18-11-16(12-24)7-8-20(18)23)26-10-9-17-13-27-21-15(2)5-4-6-19(17)21/h4-8,11,13,27H,3,9-10,14H2,1-2H3,(H2,25,26,28). The van der Waals surface area contributed by atoms with E-state index >= 15 is 0 Å². The number of aryl methyl sites for hydroxylation is 1. The summed E-state index contributed by atoms with van der Waals surface area (Å²) < 4.78 is 13.9. The number of aliphatic imine (C=N–C) groups is 1. The van der Waals surface area contributed by atoms with Crippen molar-refractivity contribution >= 4 is 16.9 Å². The summed E-state index contributed by atoms with van der Waals surface area (Å²) in [5.41, 5.74) is 4.48. The molecule has 0 saturated heterocycles. The Kier molecular flexibility index (Phi) is 6.28. The number of hydrogen-bond donors (Lipinski definition) is 3. The van der Waals surface area contributed by atoms with Gasteiger partial charge in [-0.15, -0.1) is 0 Å². The van der Waals surface area contributed by atoms with Gasteiger partial charge in [-0.3, -0.25) is 0 Å². The maximum Gasteiger partial charge on any atom is 0.191 e. The van der Waals surface area contributed by atoms with Crippen molar-refractivity contribution < 1.29 is 4.39 Å². The Labute approximate surface area is 164 Å². The summed E-state index contributed by atoms with van der Waals surface area (Å²) >= 11 is 0. The lowest BCUT2D eigenvalue weighted by atomic mass is 10.1. The van der Waals surface area contributed by atoms with Gasteiger partial charge in [-0.1, -0.05) is 18.2 Å². The molecule has 0 atom stereocenters. The van der Waals surface area contributed by atoms with Crippen molar-refractivity contribution in [1.29, 1.82) is 5.26 Å². The first-order valence-electron chi connectivity index (χ1n) is 9.38. The summed E-state index contributed by atoms with van der Waals surface area (Å²) in [6, 6.07) is 12.6. The number of nitriles is 1. The van der Waals surface area contributed by atoms with Crippen LogP contribution in [0.15, 0.2) is 47.6 Å². The van der Waals surface area contributed by atoms with Gasteiger partial charge >= 0.3 is 0 Å². The van der Waals surface area contributed by atoms with Crippen molar-refractivity contribution in [2.24, 2.45) is 4.99 Å². The Balaban J connectivity index is 1.65. The van der Waals surface area contributed by atoms with Gasteiger partial charge in [-0.05, 0) is 49.6 Å². The van der Waals surface area contributed by atoms with Crippen LogP contribution in [0, 0.1) is 24.1 Å². The van der Waals surface area contributed by atoms with Crippen molar-refractivity contribution in [1.82, 2.24) is 15.6 Å². The fourth-order valence-corrected chi connectivity index (χ4v) is 3.16. The first kappa shape index (κ1) is 19.4. The zero-order chi connectivity index (χ0) is 19.9. The van der Waals surface area contributed by atoms with Crippen molar-refractivity contribution in [3.8, 4) is 6.07 Å². The molecule has 3 rings (SSSR count). The Morgan fingerprint density at radius 3 is 2.86 bits per heavy atom. The number of rotatable bonds is 6. The third-order valence-corrected chi connectivity index (χ3v) is 4.62. The smallest absolute Gasteiger partial charge is 0.191 e. The first-order chi connectivity index (χ1) is 13.6. The van der Waals surface area contributed by atoms with E-state index in [1.807, 2.05) is 19.2 Å². The molecule has 6 heteroatoms. The highest BCUT2D eigenvalue weighted by atomic mass is 19.1. The minimum Gasteiger partial charge on any atom is -0.361 e. The maximum atomic E-state index is 13.9. The number of para-hydroxylation sites is 1. The number of aromatic nitrogens is 1. The van der Waals surface area contributed by atoms with Gasteiger partial charge in [-0.25, -0.2) is 9.38 Å². The zero-order valence-corrected chi connectivity index (χ0v) is 16.1. The topological polar surface area (TPSA) is 76.0 Å². The minimum absolute atomic E-state index is 0.170. The van der Waals surface area contributed by atoms with E-state index in [-0.39, 0.29) is 12.4 Å². The lowest BCUT2D eigenvalue weighted by Crippen LogP contribution is -2.38. The Morgan fingerprint density at radius 1 is 1.21 bits per heavy atom. The minimum atomic E-state index is -0.354. The van der Waals surface area contributed by atoms with Gasteiger partial charge < -0.3 is 15.6 Å². The van der Waals surface area contributed by atoms with Crippen LogP contribution < -0.4 is 10.6 Å². The van der Waals surface area contributed by atoms with Gasteiger partial charge in [0.25, 0.3) is 0 Å². The lowest BCUT2D eigenvalue weighted by molar-refractivity contribution is 0.610.